The second kappa shape index (κ2) is 7.33. The molecule has 0 saturated carbocycles. The third-order valence-electron chi connectivity index (χ3n) is 3.32. The van der Waals surface area contributed by atoms with Crippen LogP contribution in [0.2, 0.25) is 0 Å². The van der Waals surface area contributed by atoms with Crippen LogP contribution in [0.25, 0.3) is 0 Å². The summed E-state index contributed by atoms with van der Waals surface area (Å²) in [6.45, 7) is 1.80. The van der Waals surface area contributed by atoms with E-state index in [-0.39, 0.29) is 6.42 Å². The van der Waals surface area contributed by atoms with Crippen molar-refractivity contribution in [1.29, 1.82) is 0 Å². The van der Waals surface area contributed by atoms with Gasteiger partial charge in [0.15, 0.2) is 6.29 Å². The van der Waals surface area contributed by atoms with Crippen molar-refractivity contribution in [2.75, 3.05) is 21.3 Å². The molecule has 1 aromatic rings. The maximum Gasteiger partial charge on any atom is 0.221 e. The van der Waals surface area contributed by atoms with Gasteiger partial charge in [-0.05, 0) is 18.1 Å². The fraction of sp³-hybridized carbons (Fsp3) is 0.571. The van der Waals surface area contributed by atoms with Gasteiger partial charge in [-0.25, -0.2) is 4.98 Å². The molecular formula is C14H21NO5. The number of carbonyl (C=O) groups is 1. The predicted octanol–water partition coefficient (Wildman–Crippen LogP) is 1.57. The van der Waals surface area contributed by atoms with Crippen LogP contribution < -0.4 is 4.74 Å². The lowest BCUT2D eigenvalue weighted by atomic mass is 9.85. The van der Waals surface area contributed by atoms with E-state index in [2.05, 4.69) is 4.98 Å². The lowest BCUT2D eigenvalue weighted by Crippen LogP contribution is -2.28. The van der Waals surface area contributed by atoms with E-state index in [0.717, 1.165) is 0 Å². The molecule has 0 bridgehead atoms. The van der Waals surface area contributed by atoms with Crippen molar-refractivity contribution in [3.8, 4) is 5.88 Å². The Kier molecular flexibility index (Phi) is 6.06. The third-order valence-corrected chi connectivity index (χ3v) is 3.32. The molecule has 0 fully saturated rings. The summed E-state index contributed by atoms with van der Waals surface area (Å²) in [5.41, 5.74) is -0.290. The highest BCUT2D eigenvalue weighted by Gasteiger charge is 2.34. The average Bonchev–Trinajstić information content (AvgIpc) is 2.48. The maximum atomic E-state index is 10.9. The molecule has 112 valence electrons. The summed E-state index contributed by atoms with van der Waals surface area (Å²) >= 11 is 0. The molecule has 0 radical (unpaired) electrons. The van der Waals surface area contributed by atoms with Crippen molar-refractivity contribution in [3.05, 3.63) is 23.4 Å². The lowest BCUT2D eigenvalue weighted by Gasteiger charge is -2.30. The van der Waals surface area contributed by atoms with Gasteiger partial charge >= 0.3 is 0 Å². The van der Waals surface area contributed by atoms with Crippen molar-refractivity contribution >= 4 is 6.29 Å². The van der Waals surface area contributed by atoms with Gasteiger partial charge in [-0.2, -0.15) is 0 Å². The van der Waals surface area contributed by atoms with Crippen molar-refractivity contribution in [2.45, 2.75) is 31.7 Å². The van der Waals surface area contributed by atoms with E-state index in [1.54, 1.807) is 13.0 Å². The van der Waals surface area contributed by atoms with Crippen LogP contribution in [0.15, 0.2) is 12.3 Å². The Morgan fingerprint density at radius 2 is 2.05 bits per heavy atom. The minimum Gasteiger partial charge on any atom is -0.481 e. The van der Waals surface area contributed by atoms with Crippen LogP contribution >= 0.6 is 0 Å². The summed E-state index contributed by atoms with van der Waals surface area (Å²) in [5.74, 6) is 0.300. The number of nitrogens with zero attached hydrogens (tertiary/aromatic N) is 1. The smallest absolute Gasteiger partial charge is 0.221 e. The molecule has 6 nitrogen and oxygen atoms in total. The van der Waals surface area contributed by atoms with Gasteiger partial charge in [-0.1, -0.05) is 6.92 Å². The SMILES string of the molecule is CC[C@@](O)(CC=O)c1ccnc(OC)c1C(OC)OC. The number of aromatic nitrogens is 1. The molecule has 6 heteroatoms. The predicted molar refractivity (Wildman–Crippen MR) is 72.4 cm³/mol. The molecule has 0 aliphatic carbocycles. The summed E-state index contributed by atoms with van der Waals surface area (Å²) in [6, 6.07) is 1.65. The molecule has 0 aliphatic rings. The van der Waals surface area contributed by atoms with Gasteiger partial charge in [-0.15, -0.1) is 0 Å². The highest BCUT2D eigenvalue weighted by Crippen LogP contribution is 2.38. The van der Waals surface area contributed by atoms with Gasteiger partial charge in [0.05, 0.1) is 18.3 Å². The highest BCUT2D eigenvalue weighted by molar-refractivity contribution is 5.54. The van der Waals surface area contributed by atoms with E-state index in [1.807, 2.05) is 0 Å². The molecule has 0 saturated heterocycles. The molecule has 1 rings (SSSR count). The van der Waals surface area contributed by atoms with Crippen LogP contribution in [-0.4, -0.2) is 37.7 Å². The van der Waals surface area contributed by atoms with Gasteiger partial charge in [0.1, 0.15) is 6.29 Å². The van der Waals surface area contributed by atoms with Crippen molar-refractivity contribution in [2.24, 2.45) is 0 Å². The molecule has 0 unspecified atom stereocenters. The van der Waals surface area contributed by atoms with Crippen LogP contribution in [0.1, 0.15) is 37.2 Å². The van der Waals surface area contributed by atoms with Crippen LogP contribution in [-0.2, 0) is 19.9 Å². The normalized spacial score (nSPS) is 14.1. The summed E-state index contributed by atoms with van der Waals surface area (Å²) in [5, 5.41) is 10.7. The number of rotatable bonds is 8. The van der Waals surface area contributed by atoms with E-state index < -0.39 is 11.9 Å². The van der Waals surface area contributed by atoms with Crippen molar-refractivity contribution < 1.29 is 24.1 Å². The van der Waals surface area contributed by atoms with Crippen molar-refractivity contribution in [3.63, 3.8) is 0 Å². The quantitative estimate of drug-likeness (QED) is 0.576. The largest absolute Gasteiger partial charge is 0.481 e. The first kappa shape index (κ1) is 16.6. The Morgan fingerprint density at radius 1 is 1.40 bits per heavy atom. The first-order valence-corrected chi connectivity index (χ1v) is 6.32. The Hall–Kier alpha value is -1.50. The number of carbonyl (C=O) groups excluding carboxylic acids is 1. The molecule has 1 heterocycles. The Bertz CT molecular complexity index is 447. The third kappa shape index (κ3) is 3.15. The second-order valence-corrected chi connectivity index (χ2v) is 4.34. The molecule has 1 atom stereocenters. The lowest BCUT2D eigenvalue weighted by molar-refractivity contribution is -0.116. The summed E-state index contributed by atoms with van der Waals surface area (Å²) in [4.78, 5) is 15.0. The van der Waals surface area contributed by atoms with Gasteiger partial charge in [0.2, 0.25) is 5.88 Å². The number of aliphatic hydroxyl groups is 1. The Balaban J connectivity index is 3.48. The molecule has 0 aromatic carbocycles. The van der Waals surface area contributed by atoms with Gasteiger partial charge in [0.25, 0.3) is 0 Å². The molecule has 20 heavy (non-hydrogen) atoms. The fourth-order valence-corrected chi connectivity index (χ4v) is 2.16. The molecular weight excluding hydrogens is 262 g/mol. The van der Waals surface area contributed by atoms with E-state index >= 15 is 0 Å². The standard InChI is InChI=1S/C14H21NO5/c1-5-14(17,7-9-16)10-6-8-15-12(18-2)11(10)13(19-3)20-4/h6,8-9,13,17H,5,7H2,1-4H3/t14-/m1/s1. The zero-order valence-electron chi connectivity index (χ0n) is 12.3. The Labute approximate surface area is 118 Å². The number of aldehydes is 1. The molecule has 1 N–H and O–H groups in total. The summed E-state index contributed by atoms with van der Waals surface area (Å²) < 4.78 is 15.7. The van der Waals surface area contributed by atoms with Crippen LogP contribution in [0.4, 0.5) is 0 Å². The van der Waals surface area contributed by atoms with E-state index in [1.165, 1.54) is 27.5 Å². The topological polar surface area (TPSA) is 77.9 Å². The number of pyridine rings is 1. The first-order chi connectivity index (χ1) is 9.57. The molecule has 0 aliphatic heterocycles. The number of hydrogen-bond donors (Lipinski definition) is 1. The Morgan fingerprint density at radius 3 is 2.50 bits per heavy atom. The monoisotopic (exact) mass is 283 g/mol. The zero-order chi connectivity index (χ0) is 15.2. The maximum absolute atomic E-state index is 10.9. The minimum atomic E-state index is -1.30. The number of methoxy groups -OCH3 is 3. The fourth-order valence-electron chi connectivity index (χ4n) is 2.16. The number of hydrogen-bond acceptors (Lipinski definition) is 6. The van der Waals surface area contributed by atoms with Crippen LogP contribution in [0.5, 0.6) is 5.88 Å². The van der Waals surface area contributed by atoms with E-state index in [4.69, 9.17) is 14.2 Å². The highest BCUT2D eigenvalue weighted by atomic mass is 16.7. The molecule has 1 aromatic heterocycles. The van der Waals surface area contributed by atoms with Gasteiger partial charge < -0.3 is 24.1 Å². The average molecular weight is 283 g/mol. The van der Waals surface area contributed by atoms with E-state index in [9.17, 15) is 9.90 Å². The first-order valence-electron chi connectivity index (χ1n) is 6.32. The summed E-state index contributed by atoms with van der Waals surface area (Å²) in [6.07, 6.45) is 1.81. The van der Waals surface area contributed by atoms with Crippen LogP contribution in [0.3, 0.4) is 0 Å². The molecule has 0 spiro atoms. The summed E-state index contributed by atoms with van der Waals surface area (Å²) in [7, 11) is 4.44. The molecule has 0 amide bonds. The van der Waals surface area contributed by atoms with Gasteiger partial charge in [-0.3, -0.25) is 0 Å². The second-order valence-electron chi connectivity index (χ2n) is 4.34. The number of ether oxygens (including phenoxy) is 3. The van der Waals surface area contributed by atoms with Crippen LogP contribution in [0, 0.1) is 0 Å². The zero-order valence-corrected chi connectivity index (χ0v) is 12.3. The van der Waals surface area contributed by atoms with E-state index in [0.29, 0.717) is 29.7 Å². The minimum absolute atomic E-state index is 0.0240. The van der Waals surface area contributed by atoms with Crippen molar-refractivity contribution in [1.82, 2.24) is 4.98 Å². The van der Waals surface area contributed by atoms with Gasteiger partial charge in [0, 0.05) is 26.8 Å².